The van der Waals surface area contributed by atoms with Gasteiger partial charge in [0.2, 0.25) is 5.91 Å². The molecule has 0 aliphatic carbocycles. The Labute approximate surface area is 166 Å². The van der Waals surface area contributed by atoms with Crippen LogP contribution in [-0.4, -0.2) is 25.9 Å². The van der Waals surface area contributed by atoms with E-state index < -0.39 is 0 Å². The van der Waals surface area contributed by atoms with Crippen LogP contribution in [0, 0.1) is 0 Å². The molecule has 0 bridgehead atoms. The molecule has 0 aliphatic rings. The Hall–Kier alpha value is -3.12. The second kappa shape index (κ2) is 7.86. The standard InChI is InChI=1S/C22H19NO4S/c1-25-14-6-5-7-15(10-14)28-13-22(24)23-18-12-20-17(11-21(18)26-2)16-8-3-4-9-19(16)27-20/h3-12H,13H2,1-2H3,(H,23,24). The van der Waals surface area contributed by atoms with Crippen LogP contribution in [0.15, 0.2) is 70.0 Å². The molecule has 0 saturated carbocycles. The number of amides is 1. The van der Waals surface area contributed by atoms with E-state index in [-0.39, 0.29) is 11.7 Å². The number of carbonyl (C=O) groups is 1. The SMILES string of the molecule is COc1cccc(SCC(=O)Nc2cc3oc4ccccc4c3cc2OC)c1. The van der Waals surface area contributed by atoms with Crippen molar-refractivity contribution >= 4 is 45.3 Å². The third kappa shape index (κ3) is 3.64. The van der Waals surface area contributed by atoms with Gasteiger partial charge in [-0.25, -0.2) is 0 Å². The van der Waals surface area contributed by atoms with Crippen molar-refractivity contribution in [2.45, 2.75) is 4.90 Å². The minimum atomic E-state index is -0.124. The number of thioether (sulfide) groups is 1. The topological polar surface area (TPSA) is 60.7 Å². The summed E-state index contributed by atoms with van der Waals surface area (Å²) in [4.78, 5) is 13.4. The molecule has 1 aromatic heterocycles. The van der Waals surface area contributed by atoms with Crippen LogP contribution < -0.4 is 14.8 Å². The minimum absolute atomic E-state index is 0.124. The number of fused-ring (bicyclic) bond motifs is 3. The summed E-state index contributed by atoms with van der Waals surface area (Å²) in [6.07, 6.45) is 0. The van der Waals surface area contributed by atoms with Crippen LogP contribution >= 0.6 is 11.8 Å². The van der Waals surface area contributed by atoms with E-state index in [4.69, 9.17) is 13.9 Å². The average molecular weight is 393 g/mol. The molecule has 1 heterocycles. The van der Waals surface area contributed by atoms with Gasteiger partial charge in [-0.2, -0.15) is 0 Å². The molecule has 142 valence electrons. The average Bonchev–Trinajstić information content (AvgIpc) is 3.09. The molecular weight excluding hydrogens is 374 g/mol. The molecule has 6 heteroatoms. The smallest absolute Gasteiger partial charge is 0.234 e. The van der Waals surface area contributed by atoms with Crippen molar-refractivity contribution in [1.82, 2.24) is 0 Å². The summed E-state index contributed by atoms with van der Waals surface area (Å²) in [5.74, 6) is 1.51. The molecule has 0 fully saturated rings. The van der Waals surface area contributed by atoms with Crippen LogP contribution in [0.1, 0.15) is 0 Å². The number of ether oxygens (including phenoxy) is 2. The van der Waals surface area contributed by atoms with Crippen molar-refractivity contribution in [3.63, 3.8) is 0 Å². The van der Waals surface area contributed by atoms with Gasteiger partial charge < -0.3 is 19.2 Å². The third-order valence-electron chi connectivity index (χ3n) is 4.38. The number of methoxy groups -OCH3 is 2. The predicted octanol–water partition coefficient (Wildman–Crippen LogP) is 5.33. The van der Waals surface area contributed by atoms with Crippen LogP contribution in [0.5, 0.6) is 11.5 Å². The van der Waals surface area contributed by atoms with Gasteiger partial charge in [0.15, 0.2) is 0 Å². The first-order valence-corrected chi connectivity index (χ1v) is 9.72. The lowest BCUT2D eigenvalue weighted by Crippen LogP contribution is -2.14. The Balaban J connectivity index is 1.54. The monoisotopic (exact) mass is 393 g/mol. The summed E-state index contributed by atoms with van der Waals surface area (Å²) in [6.45, 7) is 0. The summed E-state index contributed by atoms with van der Waals surface area (Å²) in [5, 5.41) is 4.89. The summed E-state index contributed by atoms with van der Waals surface area (Å²) in [7, 11) is 3.21. The van der Waals surface area contributed by atoms with Gasteiger partial charge in [0, 0.05) is 21.7 Å². The molecule has 0 unspecified atom stereocenters. The number of furan rings is 1. The maximum absolute atomic E-state index is 12.5. The van der Waals surface area contributed by atoms with Gasteiger partial charge >= 0.3 is 0 Å². The highest BCUT2D eigenvalue weighted by molar-refractivity contribution is 8.00. The molecule has 0 aliphatic heterocycles. The van der Waals surface area contributed by atoms with Gasteiger partial charge in [-0.1, -0.05) is 24.3 Å². The van der Waals surface area contributed by atoms with E-state index in [1.165, 1.54) is 11.8 Å². The molecule has 1 amide bonds. The molecule has 3 aromatic carbocycles. The fourth-order valence-electron chi connectivity index (χ4n) is 3.04. The Bertz CT molecular complexity index is 1150. The largest absolute Gasteiger partial charge is 0.497 e. The predicted molar refractivity (Wildman–Crippen MR) is 113 cm³/mol. The zero-order valence-electron chi connectivity index (χ0n) is 15.5. The van der Waals surface area contributed by atoms with Crippen molar-refractivity contribution in [1.29, 1.82) is 0 Å². The fraction of sp³-hybridized carbons (Fsp3) is 0.136. The van der Waals surface area contributed by atoms with E-state index >= 15 is 0 Å². The van der Waals surface area contributed by atoms with Crippen LogP contribution in [-0.2, 0) is 4.79 Å². The molecule has 0 atom stereocenters. The lowest BCUT2D eigenvalue weighted by Gasteiger charge is -2.10. The zero-order chi connectivity index (χ0) is 19.5. The lowest BCUT2D eigenvalue weighted by molar-refractivity contribution is -0.113. The zero-order valence-corrected chi connectivity index (χ0v) is 16.3. The number of carbonyl (C=O) groups excluding carboxylic acids is 1. The van der Waals surface area contributed by atoms with Gasteiger partial charge in [0.25, 0.3) is 0 Å². The van der Waals surface area contributed by atoms with Gasteiger partial charge in [0.05, 0.1) is 25.7 Å². The van der Waals surface area contributed by atoms with Gasteiger partial charge in [0.1, 0.15) is 22.7 Å². The first-order valence-electron chi connectivity index (χ1n) is 8.74. The van der Waals surface area contributed by atoms with Gasteiger partial charge in [-0.3, -0.25) is 4.79 Å². The summed E-state index contributed by atoms with van der Waals surface area (Å²) < 4.78 is 16.6. The molecule has 0 saturated heterocycles. The molecule has 0 radical (unpaired) electrons. The van der Waals surface area contributed by atoms with Crippen LogP contribution in [0.3, 0.4) is 0 Å². The minimum Gasteiger partial charge on any atom is -0.497 e. The number of benzene rings is 3. The molecule has 4 aromatic rings. The summed E-state index contributed by atoms with van der Waals surface area (Å²) in [5.41, 5.74) is 2.10. The highest BCUT2D eigenvalue weighted by atomic mass is 32.2. The molecule has 5 nitrogen and oxygen atoms in total. The second-order valence-corrected chi connectivity index (χ2v) is 7.21. The Morgan fingerprint density at radius 3 is 2.64 bits per heavy atom. The number of hydrogen-bond acceptors (Lipinski definition) is 5. The second-order valence-electron chi connectivity index (χ2n) is 6.16. The first kappa shape index (κ1) is 18.3. The quantitative estimate of drug-likeness (QED) is 0.449. The molecule has 0 spiro atoms. The van der Waals surface area contributed by atoms with E-state index in [9.17, 15) is 4.79 Å². The molecular formula is C22H19NO4S. The van der Waals surface area contributed by atoms with Gasteiger partial charge in [-0.05, 0) is 30.3 Å². The van der Waals surface area contributed by atoms with Crippen molar-refractivity contribution in [3.05, 3.63) is 60.7 Å². The molecule has 28 heavy (non-hydrogen) atoms. The number of rotatable bonds is 6. The lowest BCUT2D eigenvalue weighted by atomic mass is 10.1. The maximum atomic E-state index is 12.5. The Morgan fingerprint density at radius 2 is 1.82 bits per heavy atom. The highest BCUT2D eigenvalue weighted by Crippen LogP contribution is 2.36. The van der Waals surface area contributed by atoms with E-state index in [1.807, 2.05) is 60.7 Å². The van der Waals surface area contributed by atoms with Gasteiger partial charge in [-0.15, -0.1) is 11.8 Å². The summed E-state index contributed by atoms with van der Waals surface area (Å²) >= 11 is 1.44. The maximum Gasteiger partial charge on any atom is 0.234 e. The van der Waals surface area contributed by atoms with E-state index in [0.29, 0.717) is 17.0 Å². The van der Waals surface area contributed by atoms with Crippen molar-refractivity contribution in [2.24, 2.45) is 0 Å². The third-order valence-corrected chi connectivity index (χ3v) is 5.38. The molecule has 4 rings (SSSR count). The van der Waals surface area contributed by atoms with Crippen molar-refractivity contribution in [3.8, 4) is 11.5 Å². The number of anilines is 1. The number of nitrogens with one attached hydrogen (secondary N) is 1. The number of hydrogen-bond donors (Lipinski definition) is 1. The Morgan fingerprint density at radius 1 is 0.964 bits per heavy atom. The first-order chi connectivity index (χ1) is 13.7. The van der Waals surface area contributed by atoms with Crippen molar-refractivity contribution in [2.75, 3.05) is 25.3 Å². The van der Waals surface area contributed by atoms with E-state index in [1.54, 1.807) is 14.2 Å². The molecule has 1 N–H and O–H groups in total. The van der Waals surface area contributed by atoms with E-state index in [0.717, 1.165) is 27.0 Å². The fourth-order valence-corrected chi connectivity index (χ4v) is 3.79. The normalized spacial score (nSPS) is 10.9. The van der Waals surface area contributed by atoms with E-state index in [2.05, 4.69) is 5.32 Å². The van der Waals surface area contributed by atoms with Crippen LogP contribution in [0.25, 0.3) is 21.9 Å². The summed E-state index contributed by atoms with van der Waals surface area (Å²) in [6, 6.07) is 19.1. The number of para-hydroxylation sites is 1. The van der Waals surface area contributed by atoms with Crippen LogP contribution in [0.2, 0.25) is 0 Å². The van der Waals surface area contributed by atoms with Crippen molar-refractivity contribution < 1.29 is 18.7 Å². The Kier molecular flexibility index (Phi) is 5.12. The highest BCUT2D eigenvalue weighted by Gasteiger charge is 2.14. The van der Waals surface area contributed by atoms with Crippen LogP contribution in [0.4, 0.5) is 5.69 Å².